The number of rotatable bonds is 5. The van der Waals surface area contributed by atoms with Crippen LogP contribution in [0, 0.1) is 0 Å². The van der Waals surface area contributed by atoms with E-state index in [1.165, 1.54) is 11.4 Å². The van der Waals surface area contributed by atoms with Crippen LogP contribution < -0.4 is 0 Å². The van der Waals surface area contributed by atoms with Gasteiger partial charge in [-0.3, -0.25) is 9.69 Å². The lowest BCUT2D eigenvalue weighted by atomic mass is 9.78. The van der Waals surface area contributed by atoms with Gasteiger partial charge in [0.1, 0.15) is 12.2 Å². The Morgan fingerprint density at radius 3 is 2.81 bits per heavy atom. The zero-order valence-corrected chi connectivity index (χ0v) is 16.3. The second-order valence-electron chi connectivity index (χ2n) is 7.74. The van der Waals surface area contributed by atoms with Crippen molar-refractivity contribution >= 4 is 5.91 Å². The van der Waals surface area contributed by atoms with Crippen LogP contribution in [0.15, 0.2) is 12.7 Å². The Labute approximate surface area is 160 Å². The summed E-state index contributed by atoms with van der Waals surface area (Å²) in [5.41, 5.74) is 2.49. The normalized spacial score (nSPS) is 19.4. The molecule has 4 heterocycles. The van der Waals surface area contributed by atoms with Gasteiger partial charge >= 0.3 is 0 Å². The first-order chi connectivity index (χ1) is 13.1. The van der Waals surface area contributed by atoms with Gasteiger partial charge in [0, 0.05) is 51.6 Å². The third-order valence-electron chi connectivity index (χ3n) is 6.20. The Balaban J connectivity index is 1.42. The summed E-state index contributed by atoms with van der Waals surface area (Å²) in [6.45, 7) is 5.99. The smallest absolute Gasteiger partial charge is 0.223 e. The number of hydrogen-bond donors (Lipinski definition) is 1. The van der Waals surface area contributed by atoms with Crippen molar-refractivity contribution in [1.29, 1.82) is 0 Å². The molecule has 0 radical (unpaired) electrons. The lowest BCUT2D eigenvalue weighted by Gasteiger charge is -2.50. The van der Waals surface area contributed by atoms with E-state index in [1.807, 2.05) is 22.8 Å². The van der Waals surface area contributed by atoms with Crippen LogP contribution in [0.2, 0.25) is 0 Å². The fourth-order valence-electron chi connectivity index (χ4n) is 4.71. The van der Waals surface area contributed by atoms with E-state index in [0.29, 0.717) is 12.8 Å². The van der Waals surface area contributed by atoms with E-state index in [9.17, 15) is 4.79 Å². The number of carbonyl (C=O) groups excluding carboxylic acids is 1. The number of nitrogens with one attached hydrogen (secondary N) is 1. The van der Waals surface area contributed by atoms with Crippen molar-refractivity contribution in [3.05, 3.63) is 29.9 Å². The van der Waals surface area contributed by atoms with Gasteiger partial charge in [-0.25, -0.2) is 4.98 Å². The Kier molecular flexibility index (Phi) is 4.99. The second-order valence-corrected chi connectivity index (χ2v) is 7.74. The molecular weight excluding hydrogens is 342 g/mol. The molecule has 2 aromatic heterocycles. The molecule has 1 amide bonds. The van der Waals surface area contributed by atoms with E-state index in [4.69, 9.17) is 4.98 Å². The Morgan fingerprint density at radius 1 is 1.30 bits per heavy atom. The summed E-state index contributed by atoms with van der Waals surface area (Å²) < 4.78 is 1.88. The van der Waals surface area contributed by atoms with Gasteiger partial charge in [0.2, 0.25) is 5.91 Å². The number of nitrogens with zero attached hydrogens (tertiary/aromatic N) is 6. The molecule has 0 atom stereocenters. The molecule has 2 aliphatic rings. The first-order valence-electron chi connectivity index (χ1n) is 10.0. The van der Waals surface area contributed by atoms with Crippen molar-refractivity contribution in [2.45, 2.75) is 51.0 Å². The van der Waals surface area contributed by atoms with Crippen LogP contribution in [-0.2, 0) is 30.2 Å². The van der Waals surface area contributed by atoms with Gasteiger partial charge in [0.15, 0.2) is 0 Å². The van der Waals surface area contributed by atoms with Gasteiger partial charge in [-0.2, -0.15) is 0 Å². The standard InChI is InChI=1S/C19H29N7O/c1-3-9-26-10-6-15-18(21-13-20-15)19(26)7-11-25(12-8-19)17(27)5-4-16-23-22-14-24(16)2/h13-14H,3-12H2,1-2H3,(H,20,21). The summed E-state index contributed by atoms with van der Waals surface area (Å²) in [5, 5.41) is 7.96. The van der Waals surface area contributed by atoms with Crippen molar-refractivity contribution in [2.75, 3.05) is 26.2 Å². The number of amides is 1. The molecule has 2 aromatic rings. The molecular formula is C19H29N7O. The summed E-state index contributed by atoms with van der Waals surface area (Å²) in [6, 6.07) is 0. The van der Waals surface area contributed by atoms with Gasteiger partial charge in [-0.15, -0.1) is 10.2 Å². The molecule has 0 unspecified atom stereocenters. The van der Waals surface area contributed by atoms with Crippen LogP contribution in [-0.4, -0.2) is 66.6 Å². The third kappa shape index (κ3) is 3.26. The summed E-state index contributed by atoms with van der Waals surface area (Å²) in [4.78, 5) is 25.4. The molecule has 146 valence electrons. The number of carbonyl (C=O) groups is 1. The van der Waals surface area contributed by atoms with Crippen LogP contribution in [0.25, 0.3) is 0 Å². The molecule has 27 heavy (non-hydrogen) atoms. The number of piperidine rings is 1. The second kappa shape index (κ2) is 7.42. The predicted molar refractivity (Wildman–Crippen MR) is 101 cm³/mol. The highest BCUT2D eigenvalue weighted by Gasteiger charge is 2.46. The zero-order chi connectivity index (χ0) is 18.9. The average Bonchev–Trinajstić information content (AvgIpc) is 3.32. The summed E-state index contributed by atoms with van der Waals surface area (Å²) in [7, 11) is 1.91. The molecule has 8 nitrogen and oxygen atoms in total. The Hall–Kier alpha value is -2.22. The number of hydrogen-bond acceptors (Lipinski definition) is 5. The van der Waals surface area contributed by atoms with Gasteiger partial charge in [-0.05, 0) is 25.8 Å². The van der Waals surface area contributed by atoms with E-state index in [-0.39, 0.29) is 11.4 Å². The van der Waals surface area contributed by atoms with E-state index in [0.717, 1.165) is 57.7 Å². The highest BCUT2D eigenvalue weighted by Crippen LogP contribution is 2.42. The van der Waals surface area contributed by atoms with Gasteiger partial charge in [0.25, 0.3) is 0 Å². The average molecular weight is 371 g/mol. The third-order valence-corrected chi connectivity index (χ3v) is 6.20. The molecule has 0 saturated carbocycles. The van der Waals surface area contributed by atoms with Crippen LogP contribution in [0.3, 0.4) is 0 Å². The highest BCUT2D eigenvalue weighted by molar-refractivity contribution is 5.76. The largest absolute Gasteiger partial charge is 0.348 e. The Bertz CT molecular complexity index is 788. The lowest BCUT2D eigenvalue weighted by Crippen LogP contribution is -2.57. The van der Waals surface area contributed by atoms with Crippen LogP contribution in [0.1, 0.15) is 49.8 Å². The maximum atomic E-state index is 12.7. The number of aryl methyl sites for hydroxylation is 2. The summed E-state index contributed by atoms with van der Waals surface area (Å²) in [6.07, 6.45) is 8.74. The number of imidazole rings is 1. The maximum absolute atomic E-state index is 12.7. The van der Waals surface area contributed by atoms with Gasteiger partial charge in [0.05, 0.1) is 17.6 Å². The minimum atomic E-state index is -0.00995. The number of H-pyrrole nitrogens is 1. The molecule has 0 bridgehead atoms. The number of aromatic nitrogens is 5. The fourth-order valence-corrected chi connectivity index (χ4v) is 4.71. The molecule has 4 rings (SSSR count). The molecule has 2 aliphatic heterocycles. The van der Waals surface area contributed by atoms with Crippen molar-refractivity contribution in [1.82, 2.24) is 34.5 Å². The SMILES string of the molecule is CCCN1CCc2[nH]cnc2C12CCN(C(=O)CCc1nncn1C)CC2. The number of aromatic amines is 1. The van der Waals surface area contributed by atoms with Crippen molar-refractivity contribution in [3.63, 3.8) is 0 Å². The molecule has 1 saturated heterocycles. The van der Waals surface area contributed by atoms with Crippen LogP contribution >= 0.6 is 0 Å². The fraction of sp³-hybridized carbons (Fsp3) is 0.684. The van der Waals surface area contributed by atoms with Crippen molar-refractivity contribution in [2.24, 2.45) is 7.05 Å². The van der Waals surface area contributed by atoms with E-state index in [1.54, 1.807) is 6.33 Å². The minimum Gasteiger partial charge on any atom is -0.348 e. The first kappa shape index (κ1) is 18.2. The zero-order valence-electron chi connectivity index (χ0n) is 16.3. The highest BCUT2D eigenvalue weighted by atomic mass is 16.2. The van der Waals surface area contributed by atoms with Crippen molar-refractivity contribution in [3.8, 4) is 0 Å². The van der Waals surface area contributed by atoms with Crippen LogP contribution in [0.5, 0.6) is 0 Å². The summed E-state index contributed by atoms with van der Waals surface area (Å²) >= 11 is 0. The Morgan fingerprint density at radius 2 is 2.11 bits per heavy atom. The topological polar surface area (TPSA) is 82.9 Å². The molecule has 1 fully saturated rings. The molecule has 0 aliphatic carbocycles. The minimum absolute atomic E-state index is 0.00995. The van der Waals surface area contributed by atoms with E-state index < -0.39 is 0 Å². The first-order valence-corrected chi connectivity index (χ1v) is 10.0. The summed E-state index contributed by atoms with van der Waals surface area (Å²) in [5.74, 6) is 1.08. The molecule has 0 aromatic carbocycles. The predicted octanol–water partition coefficient (Wildman–Crippen LogP) is 1.26. The molecule has 1 spiro atoms. The monoisotopic (exact) mass is 371 g/mol. The number of fused-ring (bicyclic) bond motifs is 2. The van der Waals surface area contributed by atoms with Gasteiger partial charge < -0.3 is 14.5 Å². The quantitative estimate of drug-likeness (QED) is 0.855. The molecule has 1 N–H and O–H groups in total. The number of likely N-dealkylation sites (tertiary alicyclic amines) is 1. The van der Waals surface area contributed by atoms with E-state index in [2.05, 4.69) is 27.0 Å². The maximum Gasteiger partial charge on any atom is 0.223 e. The lowest BCUT2D eigenvalue weighted by molar-refractivity contribution is -0.134. The van der Waals surface area contributed by atoms with Gasteiger partial charge in [-0.1, -0.05) is 6.92 Å². The molecule has 8 heteroatoms. The van der Waals surface area contributed by atoms with Crippen molar-refractivity contribution < 1.29 is 4.79 Å². The van der Waals surface area contributed by atoms with Crippen LogP contribution in [0.4, 0.5) is 0 Å². The van der Waals surface area contributed by atoms with E-state index >= 15 is 0 Å².